The van der Waals surface area contributed by atoms with E-state index in [0.29, 0.717) is 24.4 Å². The first kappa shape index (κ1) is 14.2. The number of aromatic nitrogens is 3. The zero-order valence-corrected chi connectivity index (χ0v) is 13.2. The van der Waals surface area contributed by atoms with Gasteiger partial charge in [0.2, 0.25) is 5.95 Å². The third-order valence-corrected chi connectivity index (χ3v) is 4.04. The van der Waals surface area contributed by atoms with Crippen molar-refractivity contribution in [2.75, 3.05) is 18.5 Å². The van der Waals surface area contributed by atoms with E-state index in [1.165, 1.54) is 0 Å². The molecule has 0 aliphatic rings. The number of hydrogen-bond donors (Lipinski definition) is 1. The normalized spacial score (nSPS) is 10.5. The lowest BCUT2D eigenvalue weighted by atomic mass is 10.4. The Morgan fingerprint density at radius 1 is 1.32 bits per heavy atom. The molecule has 0 saturated carbocycles. The van der Waals surface area contributed by atoms with Crippen LogP contribution in [0.3, 0.4) is 0 Å². The molecule has 0 saturated heterocycles. The van der Waals surface area contributed by atoms with Gasteiger partial charge < -0.3 is 10.1 Å². The van der Waals surface area contributed by atoms with Gasteiger partial charge in [0, 0.05) is 11.0 Å². The van der Waals surface area contributed by atoms with Gasteiger partial charge in [-0.05, 0) is 40.7 Å². The molecule has 0 aliphatic heterocycles. The van der Waals surface area contributed by atoms with Crippen molar-refractivity contribution in [3.8, 4) is 16.7 Å². The highest BCUT2D eigenvalue weighted by molar-refractivity contribution is 9.10. The maximum Gasteiger partial charge on any atom is 0.321 e. The number of ether oxygens (including phenoxy) is 1. The Balaban J connectivity index is 2.36. The van der Waals surface area contributed by atoms with E-state index in [1.807, 2.05) is 25.3 Å². The summed E-state index contributed by atoms with van der Waals surface area (Å²) < 4.78 is 6.49. The number of thiophene rings is 1. The second kappa shape index (κ2) is 6.81. The molecule has 1 N–H and O–H groups in total. The standard InChI is InChI=1S/C12H15BrN4OS/c1-3-6-18-12-16-10(9-8(13)5-7-19-9)15-11(17-12)14-4-2/h5,7H,3-4,6H2,1-2H3,(H,14,15,16,17). The lowest BCUT2D eigenvalue weighted by Crippen LogP contribution is -2.08. The molecule has 2 rings (SSSR count). The van der Waals surface area contributed by atoms with E-state index >= 15 is 0 Å². The van der Waals surface area contributed by atoms with Crippen LogP contribution in [0, 0.1) is 0 Å². The minimum Gasteiger partial charge on any atom is -0.463 e. The molecule has 0 aromatic carbocycles. The first-order valence-electron chi connectivity index (χ1n) is 6.10. The molecule has 0 atom stereocenters. The minimum atomic E-state index is 0.364. The number of nitrogens with one attached hydrogen (secondary N) is 1. The Kier molecular flexibility index (Phi) is 5.09. The van der Waals surface area contributed by atoms with Crippen LogP contribution >= 0.6 is 27.3 Å². The Labute approximate surface area is 124 Å². The van der Waals surface area contributed by atoms with Gasteiger partial charge in [-0.25, -0.2) is 0 Å². The Hall–Kier alpha value is -1.21. The Bertz CT molecular complexity index is 546. The van der Waals surface area contributed by atoms with Gasteiger partial charge in [-0.1, -0.05) is 6.92 Å². The summed E-state index contributed by atoms with van der Waals surface area (Å²) in [4.78, 5) is 14.0. The lowest BCUT2D eigenvalue weighted by Gasteiger charge is -2.07. The molecule has 0 fully saturated rings. The summed E-state index contributed by atoms with van der Waals surface area (Å²) >= 11 is 5.07. The van der Waals surface area contributed by atoms with Crippen LogP contribution in [0.1, 0.15) is 20.3 Å². The Morgan fingerprint density at radius 2 is 2.16 bits per heavy atom. The van der Waals surface area contributed by atoms with Crippen molar-refractivity contribution >= 4 is 33.2 Å². The summed E-state index contributed by atoms with van der Waals surface area (Å²) in [5, 5.41) is 5.08. The number of nitrogens with zero attached hydrogens (tertiary/aromatic N) is 3. The average Bonchev–Trinajstić information content (AvgIpc) is 2.83. The summed E-state index contributed by atoms with van der Waals surface area (Å²) in [6.45, 7) is 5.39. The summed E-state index contributed by atoms with van der Waals surface area (Å²) in [6, 6.07) is 2.34. The molecule has 19 heavy (non-hydrogen) atoms. The topological polar surface area (TPSA) is 59.9 Å². The van der Waals surface area contributed by atoms with Gasteiger partial charge in [0.25, 0.3) is 0 Å². The first-order valence-corrected chi connectivity index (χ1v) is 7.78. The molecule has 0 radical (unpaired) electrons. The van der Waals surface area contributed by atoms with E-state index in [9.17, 15) is 0 Å². The second-order valence-electron chi connectivity index (χ2n) is 3.74. The fraction of sp³-hybridized carbons (Fsp3) is 0.417. The molecule has 7 heteroatoms. The molecule has 0 bridgehead atoms. The van der Waals surface area contributed by atoms with Crippen molar-refractivity contribution in [3.05, 3.63) is 15.9 Å². The van der Waals surface area contributed by atoms with E-state index in [4.69, 9.17) is 4.74 Å². The van der Waals surface area contributed by atoms with Gasteiger partial charge in [0.15, 0.2) is 5.82 Å². The SMILES string of the molecule is CCCOc1nc(NCC)nc(-c2sccc2Br)n1. The molecule has 2 heterocycles. The van der Waals surface area contributed by atoms with Gasteiger partial charge >= 0.3 is 6.01 Å². The van der Waals surface area contributed by atoms with E-state index in [1.54, 1.807) is 11.3 Å². The highest BCUT2D eigenvalue weighted by Crippen LogP contribution is 2.32. The number of rotatable bonds is 6. The maximum absolute atomic E-state index is 5.51. The molecule has 0 unspecified atom stereocenters. The van der Waals surface area contributed by atoms with Crippen LogP contribution < -0.4 is 10.1 Å². The summed E-state index contributed by atoms with van der Waals surface area (Å²) in [7, 11) is 0. The van der Waals surface area contributed by atoms with Gasteiger partial charge in [-0.15, -0.1) is 11.3 Å². The monoisotopic (exact) mass is 342 g/mol. The quantitative estimate of drug-likeness (QED) is 0.869. The van der Waals surface area contributed by atoms with Gasteiger partial charge in [-0.2, -0.15) is 15.0 Å². The largest absolute Gasteiger partial charge is 0.463 e. The van der Waals surface area contributed by atoms with Crippen molar-refractivity contribution in [2.45, 2.75) is 20.3 Å². The summed E-state index contributed by atoms with van der Waals surface area (Å²) in [5.74, 6) is 1.16. The van der Waals surface area contributed by atoms with E-state index in [-0.39, 0.29) is 0 Å². The van der Waals surface area contributed by atoms with Crippen molar-refractivity contribution in [2.24, 2.45) is 0 Å². The van der Waals surface area contributed by atoms with Crippen LogP contribution in [0.2, 0.25) is 0 Å². The fourth-order valence-electron chi connectivity index (χ4n) is 1.41. The van der Waals surface area contributed by atoms with Crippen molar-refractivity contribution in [1.82, 2.24) is 15.0 Å². The molecule has 102 valence electrons. The van der Waals surface area contributed by atoms with Crippen LogP contribution in [-0.2, 0) is 0 Å². The third kappa shape index (κ3) is 3.63. The number of halogens is 1. The van der Waals surface area contributed by atoms with Crippen LogP contribution in [0.25, 0.3) is 10.7 Å². The molecule has 0 amide bonds. The summed E-state index contributed by atoms with van der Waals surface area (Å²) in [6.07, 6.45) is 0.917. The summed E-state index contributed by atoms with van der Waals surface area (Å²) in [5.41, 5.74) is 0. The predicted octanol–water partition coefficient (Wildman–Crippen LogP) is 3.58. The number of anilines is 1. The zero-order chi connectivity index (χ0) is 13.7. The third-order valence-electron chi connectivity index (χ3n) is 2.21. The van der Waals surface area contributed by atoms with Gasteiger partial charge in [0.05, 0.1) is 11.5 Å². The molecular formula is C12H15BrN4OS. The van der Waals surface area contributed by atoms with Gasteiger partial charge in [-0.3, -0.25) is 0 Å². The molecule has 0 aliphatic carbocycles. The van der Waals surface area contributed by atoms with Crippen molar-refractivity contribution in [3.63, 3.8) is 0 Å². The molecule has 2 aromatic heterocycles. The van der Waals surface area contributed by atoms with Crippen LogP contribution in [-0.4, -0.2) is 28.1 Å². The fourth-order valence-corrected chi connectivity index (χ4v) is 2.89. The minimum absolute atomic E-state index is 0.364. The molecule has 2 aromatic rings. The molecular weight excluding hydrogens is 328 g/mol. The predicted molar refractivity (Wildman–Crippen MR) is 80.8 cm³/mol. The Morgan fingerprint density at radius 3 is 2.79 bits per heavy atom. The molecule has 0 spiro atoms. The lowest BCUT2D eigenvalue weighted by molar-refractivity contribution is 0.292. The van der Waals surface area contributed by atoms with Crippen molar-refractivity contribution < 1.29 is 4.74 Å². The van der Waals surface area contributed by atoms with E-state index < -0.39 is 0 Å². The van der Waals surface area contributed by atoms with E-state index in [0.717, 1.165) is 22.3 Å². The molecule has 5 nitrogen and oxygen atoms in total. The van der Waals surface area contributed by atoms with Crippen molar-refractivity contribution in [1.29, 1.82) is 0 Å². The maximum atomic E-state index is 5.51. The zero-order valence-electron chi connectivity index (χ0n) is 10.8. The second-order valence-corrected chi connectivity index (χ2v) is 5.51. The van der Waals surface area contributed by atoms with Crippen LogP contribution in [0.5, 0.6) is 6.01 Å². The van der Waals surface area contributed by atoms with Crippen LogP contribution in [0.15, 0.2) is 15.9 Å². The average molecular weight is 343 g/mol. The number of hydrogen-bond acceptors (Lipinski definition) is 6. The first-order chi connectivity index (χ1) is 9.24. The highest BCUT2D eigenvalue weighted by atomic mass is 79.9. The van der Waals surface area contributed by atoms with Crippen LogP contribution in [0.4, 0.5) is 5.95 Å². The van der Waals surface area contributed by atoms with E-state index in [2.05, 4.69) is 36.2 Å². The smallest absolute Gasteiger partial charge is 0.321 e. The van der Waals surface area contributed by atoms with Gasteiger partial charge in [0.1, 0.15) is 0 Å². The highest BCUT2D eigenvalue weighted by Gasteiger charge is 2.12.